The lowest BCUT2D eigenvalue weighted by atomic mass is 10.0. The highest BCUT2D eigenvalue weighted by atomic mass is 79.9. The van der Waals surface area contributed by atoms with E-state index in [0.29, 0.717) is 45.1 Å². The normalized spacial score (nSPS) is 10.6. The van der Waals surface area contributed by atoms with E-state index in [1.807, 2.05) is 12.1 Å². The Balaban J connectivity index is 1.66. The summed E-state index contributed by atoms with van der Waals surface area (Å²) in [5.41, 5.74) is 2.59. The van der Waals surface area contributed by atoms with Gasteiger partial charge in [-0.1, -0.05) is 30.3 Å². The van der Waals surface area contributed by atoms with Gasteiger partial charge in [0.1, 0.15) is 0 Å². The average Bonchev–Trinajstić information content (AvgIpc) is 2.91. The molecule has 184 valence electrons. The van der Waals surface area contributed by atoms with Crippen molar-refractivity contribution in [3.8, 4) is 28.5 Å². The number of aromatic nitrogens is 1. The third kappa shape index (κ3) is 5.26. The molecule has 0 aliphatic carbocycles. The zero-order valence-electron chi connectivity index (χ0n) is 19.8. The Labute approximate surface area is 216 Å². The van der Waals surface area contributed by atoms with Gasteiger partial charge in [0.05, 0.1) is 43.8 Å². The molecule has 36 heavy (non-hydrogen) atoms. The van der Waals surface area contributed by atoms with Gasteiger partial charge >= 0.3 is 5.97 Å². The molecule has 0 atom stereocenters. The monoisotopic (exact) mass is 550 g/mol. The molecule has 0 aliphatic rings. The number of fused-ring (bicyclic) bond motifs is 1. The number of hydrogen-bond donors (Lipinski definition) is 1. The van der Waals surface area contributed by atoms with Crippen molar-refractivity contribution in [3.05, 3.63) is 76.8 Å². The van der Waals surface area contributed by atoms with Crippen molar-refractivity contribution in [1.82, 2.24) is 4.98 Å². The van der Waals surface area contributed by atoms with Crippen molar-refractivity contribution in [2.24, 2.45) is 0 Å². The average molecular weight is 551 g/mol. The van der Waals surface area contributed by atoms with E-state index < -0.39 is 18.5 Å². The minimum absolute atomic E-state index is 0.276. The molecular weight excluding hydrogens is 528 g/mol. The second kappa shape index (κ2) is 11.1. The van der Waals surface area contributed by atoms with Crippen molar-refractivity contribution in [2.45, 2.75) is 0 Å². The third-order valence-corrected chi connectivity index (χ3v) is 6.07. The van der Waals surface area contributed by atoms with Crippen molar-refractivity contribution >= 4 is 44.4 Å². The Morgan fingerprint density at radius 2 is 1.56 bits per heavy atom. The first-order valence-corrected chi connectivity index (χ1v) is 11.7. The molecule has 4 rings (SSSR count). The van der Waals surface area contributed by atoms with E-state index in [0.717, 1.165) is 4.47 Å². The maximum absolute atomic E-state index is 13.1. The summed E-state index contributed by atoms with van der Waals surface area (Å²) in [7, 11) is 4.57. The van der Waals surface area contributed by atoms with Gasteiger partial charge in [-0.05, 0) is 52.3 Å². The molecule has 1 aromatic heterocycles. The molecule has 0 saturated carbocycles. The maximum Gasteiger partial charge on any atom is 0.339 e. The molecule has 1 heterocycles. The van der Waals surface area contributed by atoms with Crippen LogP contribution in [0.15, 0.2) is 71.2 Å². The number of carbonyl (C=O) groups excluding carboxylic acids is 2. The van der Waals surface area contributed by atoms with Crippen LogP contribution in [0.2, 0.25) is 0 Å². The number of amides is 1. The van der Waals surface area contributed by atoms with Gasteiger partial charge in [0.25, 0.3) is 5.91 Å². The fourth-order valence-electron chi connectivity index (χ4n) is 3.68. The van der Waals surface area contributed by atoms with Crippen LogP contribution in [-0.2, 0) is 9.53 Å². The topological polar surface area (TPSA) is 96.0 Å². The zero-order chi connectivity index (χ0) is 25.7. The lowest BCUT2D eigenvalue weighted by Crippen LogP contribution is -2.21. The minimum Gasteiger partial charge on any atom is -0.493 e. The highest BCUT2D eigenvalue weighted by Gasteiger charge is 2.19. The first kappa shape index (κ1) is 25.0. The highest BCUT2D eigenvalue weighted by molar-refractivity contribution is 9.10. The predicted molar refractivity (Wildman–Crippen MR) is 140 cm³/mol. The van der Waals surface area contributed by atoms with Crippen molar-refractivity contribution in [2.75, 3.05) is 33.3 Å². The fraction of sp³-hybridized carbons (Fsp3) is 0.148. The number of anilines is 1. The van der Waals surface area contributed by atoms with Gasteiger partial charge in [0.2, 0.25) is 5.75 Å². The molecule has 4 aromatic rings. The van der Waals surface area contributed by atoms with Crippen LogP contribution in [-0.4, -0.2) is 44.8 Å². The molecule has 0 fully saturated rings. The lowest BCUT2D eigenvalue weighted by molar-refractivity contribution is -0.119. The van der Waals surface area contributed by atoms with Crippen molar-refractivity contribution < 1.29 is 28.5 Å². The van der Waals surface area contributed by atoms with E-state index >= 15 is 0 Å². The second-order valence-corrected chi connectivity index (χ2v) is 8.44. The summed E-state index contributed by atoms with van der Waals surface area (Å²) < 4.78 is 22.4. The van der Waals surface area contributed by atoms with E-state index in [1.54, 1.807) is 54.6 Å². The van der Waals surface area contributed by atoms with E-state index in [4.69, 9.17) is 23.9 Å². The zero-order valence-corrected chi connectivity index (χ0v) is 21.4. The standard InChI is InChI=1S/C27H23BrN2O6/c1-33-23-12-16(13-24(34-2)26(23)35-3)22-14-18(17-8-4-6-10-20(17)29-22)27(32)36-15-25(31)30-21-11-7-5-9-19(21)28/h4-14H,15H2,1-3H3,(H,30,31). The Bertz CT molecular complexity index is 1410. The number of carbonyl (C=O) groups is 2. The van der Waals surface area contributed by atoms with Gasteiger partial charge in [-0.2, -0.15) is 0 Å². The number of methoxy groups -OCH3 is 3. The molecule has 0 saturated heterocycles. The summed E-state index contributed by atoms with van der Waals surface area (Å²) >= 11 is 3.37. The summed E-state index contributed by atoms with van der Waals surface area (Å²) in [5, 5.41) is 3.31. The molecule has 0 radical (unpaired) electrons. The van der Waals surface area contributed by atoms with Gasteiger partial charge in [0, 0.05) is 15.4 Å². The molecule has 0 spiro atoms. The van der Waals surface area contributed by atoms with Gasteiger partial charge < -0.3 is 24.3 Å². The number of para-hydroxylation sites is 2. The number of nitrogens with zero attached hydrogens (tertiary/aromatic N) is 1. The fourth-order valence-corrected chi connectivity index (χ4v) is 4.06. The molecule has 3 aromatic carbocycles. The molecule has 0 aliphatic heterocycles. The number of benzene rings is 3. The summed E-state index contributed by atoms with van der Waals surface area (Å²) in [6.07, 6.45) is 0. The smallest absolute Gasteiger partial charge is 0.339 e. The van der Waals surface area contributed by atoms with Crippen LogP contribution in [0.4, 0.5) is 5.69 Å². The number of pyridine rings is 1. The number of nitrogens with one attached hydrogen (secondary N) is 1. The Morgan fingerprint density at radius 3 is 2.22 bits per heavy atom. The number of ether oxygens (including phenoxy) is 4. The van der Waals surface area contributed by atoms with Crippen LogP contribution in [0.25, 0.3) is 22.2 Å². The number of rotatable bonds is 8. The lowest BCUT2D eigenvalue weighted by Gasteiger charge is -2.15. The Hall–Kier alpha value is -4.11. The SMILES string of the molecule is COc1cc(-c2cc(C(=O)OCC(=O)Nc3ccccc3Br)c3ccccc3n2)cc(OC)c1OC. The van der Waals surface area contributed by atoms with Gasteiger partial charge in [0.15, 0.2) is 18.1 Å². The summed E-state index contributed by atoms with van der Waals surface area (Å²) in [6.45, 7) is -0.448. The van der Waals surface area contributed by atoms with Crippen LogP contribution in [0.3, 0.4) is 0 Å². The molecule has 1 amide bonds. The van der Waals surface area contributed by atoms with E-state index in [2.05, 4.69) is 21.2 Å². The Kier molecular flexibility index (Phi) is 7.70. The van der Waals surface area contributed by atoms with Crippen molar-refractivity contribution in [1.29, 1.82) is 0 Å². The maximum atomic E-state index is 13.1. The van der Waals surface area contributed by atoms with E-state index in [-0.39, 0.29) is 5.56 Å². The molecule has 0 unspecified atom stereocenters. The van der Waals surface area contributed by atoms with Crippen LogP contribution >= 0.6 is 15.9 Å². The molecule has 1 N–H and O–H groups in total. The number of esters is 1. The summed E-state index contributed by atoms with van der Waals surface area (Å²) in [5.74, 6) is 0.243. The number of hydrogen-bond acceptors (Lipinski definition) is 7. The molecular formula is C27H23BrN2O6. The molecule has 0 bridgehead atoms. The van der Waals surface area contributed by atoms with Crippen LogP contribution in [0, 0.1) is 0 Å². The highest BCUT2D eigenvalue weighted by Crippen LogP contribution is 2.41. The van der Waals surface area contributed by atoms with Crippen LogP contribution in [0.1, 0.15) is 10.4 Å². The predicted octanol–water partition coefficient (Wildman–Crippen LogP) is 5.49. The van der Waals surface area contributed by atoms with Gasteiger partial charge in [-0.3, -0.25) is 4.79 Å². The molecule has 9 heteroatoms. The third-order valence-electron chi connectivity index (χ3n) is 5.38. The number of halogens is 1. The first-order valence-electron chi connectivity index (χ1n) is 10.9. The van der Waals surface area contributed by atoms with Gasteiger partial charge in [-0.25, -0.2) is 9.78 Å². The largest absolute Gasteiger partial charge is 0.493 e. The quantitative estimate of drug-likeness (QED) is 0.290. The van der Waals surface area contributed by atoms with Gasteiger partial charge in [-0.15, -0.1) is 0 Å². The Morgan fingerprint density at radius 1 is 0.889 bits per heavy atom. The minimum atomic E-state index is -0.649. The first-order chi connectivity index (χ1) is 17.4. The summed E-state index contributed by atoms with van der Waals surface area (Å²) in [4.78, 5) is 30.2. The van der Waals surface area contributed by atoms with Crippen LogP contribution < -0.4 is 19.5 Å². The van der Waals surface area contributed by atoms with Crippen molar-refractivity contribution in [3.63, 3.8) is 0 Å². The van der Waals surface area contributed by atoms with E-state index in [9.17, 15) is 9.59 Å². The van der Waals surface area contributed by atoms with Crippen LogP contribution in [0.5, 0.6) is 17.2 Å². The summed E-state index contributed by atoms with van der Waals surface area (Å²) in [6, 6.07) is 19.5. The molecule has 8 nitrogen and oxygen atoms in total. The van der Waals surface area contributed by atoms with E-state index in [1.165, 1.54) is 21.3 Å². The second-order valence-electron chi connectivity index (χ2n) is 7.59.